The SMILES string of the molecule is CCC(SC(C)C(=O)O)C(N)=O. The number of amides is 1. The van der Waals surface area contributed by atoms with Gasteiger partial charge >= 0.3 is 5.97 Å². The molecule has 1 amide bonds. The highest BCUT2D eigenvalue weighted by molar-refractivity contribution is 8.01. The van der Waals surface area contributed by atoms with Crippen LogP contribution >= 0.6 is 11.8 Å². The van der Waals surface area contributed by atoms with Gasteiger partial charge in [-0.3, -0.25) is 9.59 Å². The van der Waals surface area contributed by atoms with Gasteiger partial charge in [0.1, 0.15) is 5.25 Å². The number of primary amides is 1. The lowest BCUT2D eigenvalue weighted by atomic mass is 10.3. The summed E-state index contributed by atoms with van der Waals surface area (Å²) in [5.74, 6) is -1.37. The summed E-state index contributed by atoms with van der Waals surface area (Å²) in [7, 11) is 0. The van der Waals surface area contributed by atoms with Crippen LogP contribution < -0.4 is 5.73 Å². The third-order valence-corrected chi connectivity index (χ3v) is 2.91. The molecule has 3 N–H and O–H groups in total. The second-order valence-corrected chi connectivity index (χ2v) is 3.96. The van der Waals surface area contributed by atoms with Crippen molar-refractivity contribution in [2.45, 2.75) is 30.8 Å². The number of carbonyl (C=O) groups is 2. The van der Waals surface area contributed by atoms with Gasteiger partial charge in [0.15, 0.2) is 0 Å². The van der Waals surface area contributed by atoms with Gasteiger partial charge in [0.2, 0.25) is 5.91 Å². The Balaban J connectivity index is 4.02. The summed E-state index contributed by atoms with van der Waals surface area (Å²) in [6.07, 6.45) is 0.567. The molecular formula is C7H13NO3S. The number of rotatable bonds is 5. The first kappa shape index (κ1) is 11.3. The molecule has 5 heteroatoms. The number of hydrogen-bond acceptors (Lipinski definition) is 3. The van der Waals surface area contributed by atoms with Crippen LogP contribution in [0.15, 0.2) is 0 Å². The van der Waals surface area contributed by atoms with Gasteiger partial charge in [-0.25, -0.2) is 0 Å². The molecule has 0 aliphatic rings. The first-order valence-corrected chi connectivity index (χ1v) is 4.60. The molecule has 0 saturated heterocycles. The van der Waals surface area contributed by atoms with E-state index in [2.05, 4.69) is 0 Å². The van der Waals surface area contributed by atoms with Crippen LogP contribution in [0, 0.1) is 0 Å². The number of hydrogen-bond donors (Lipinski definition) is 2. The van der Waals surface area contributed by atoms with Crippen molar-refractivity contribution in [1.29, 1.82) is 0 Å². The number of carboxylic acid groups (broad SMARTS) is 1. The summed E-state index contributed by atoms with van der Waals surface area (Å²) >= 11 is 1.09. The highest BCUT2D eigenvalue weighted by Crippen LogP contribution is 2.19. The fourth-order valence-corrected chi connectivity index (χ4v) is 1.60. The van der Waals surface area contributed by atoms with Crippen molar-refractivity contribution in [1.82, 2.24) is 0 Å². The van der Waals surface area contributed by atoms with Crippen LogP contribution in [0.3, 0.4) is 0 Å². The van der Waals surface area contributed by atoms with Gasteiger partial charge in [-0.1, -0.05) is 6.92 Å². The molecule has 0 fully saturated rings. The maximum atomic E-state index is 10.7. The molecule has 0 aromatic heterocycles. The molecule has 0 radical (unpaired) electrons. The van der Waals surface area contributed by atoms with Crippen LogP contribution in [0.1, 0.15) is 20.3 Å². The Labute approximate surface area is 75.5 Å². The van der Waals surface area contributed by atoms with Gasteiger partial charge in [0, 0.05) is 0 Å². The zero-order valence-electron chi connectivity index (χ0n) is 7.11. The maximum Gasteiger partial charge on any atom is 0.316 e. The third-order valence-electron chi connectivity index (χ3n) is 1.40. The molecule has 0 aromatic rings. The maximum absolute atomic E-state index is 10.7. The first-order valence-electron chi connectivity index (χ1n) is 3.66. The van der Waals surface area contributed by atoms with Crippen LogP contribution in [0.4, 0.5) is 0 Å². The minimum absolute atomic E-state index is 0.393. The number of carbonyl (C=O) groups excluding carboxylic acids is 1. The van der Waals surface area contributed by atoms with E-state index in [-0.39, 0.29) is 0 Å². The van der Waals surface area contributed by atoms with Gasteiger partial charge in [-0.05, 0) is 13.3 Å². The molecule has 12 heavy (non-hydrogen) atoms. The summed E-state index contributed by atoms with van der Waals surface area (Å²) in [5.41, 5.74) is 5.04. The van der Waals surface area contributed by atoms with E-state index in [9.17, 15) is 9.59 Å². The lowest BCUT2D eigenvalue weighted by Gasteiger charge is -2.12. The zero-order valence-corrected chi connectivity index (χ0v) is 7.93. The van der Waals surface area contributed by atoms with Crippen molar-refractivity contribution in [2.24, 2.45) is 5.73 Å². The molecule has 0 aromatic carbocycles. The van der Waals surface area contributed by atoms with Crippen LogP contribution in [-0.2, 0) is 9.59 Å². The highest BCUT2D eigenvalue weighted by atomic mass is 32.2. The molecule has 0 aliphatic carbocycles. The summed E-state index contributed by atoms with van der Waals surface area (Å²) < 4.78 is 0. The van der Waals surface area contributed by atoms with E-state index in [4.69, 9.17) is 10.8 Å². The minimum atomic E-state index is -0.917. The number of carboxylic acids is 1. The van der Waals surface area contributed by atoms with Gasteiger partial charge in [0.05, 0.1) is 5.25 Å². The van der Waals surface area contributed by atoms with Crippen LogP contribution in [-0.4, -0.2) is 27.5 Å². The van der Waals surface area contributed by atoms with Crippen molar-refractivity contribution < 1.29 is 14.7 Å². The Morgan fingerprint density at radius 2 is 2.08 bits per heavy atom. The van der Waals surface area contributed by atoms with E-state index in [1.54, 1.807) is 13.8 Å². The average molecular weight is 191 g/mol. The molecule has 0 rings (SSSR count). The van der Waals surface area contributed by atoms with E-state index in [1.165, 1.54) is 0 Å². The van der Waals surface area contributed by atoms with E-state index >= 15 is 0 Å². The fourth-order valence-electron chi connectivity index (χ4n) is 0.669. The lowest BCUT2D eigenvalue weighted by Crippen LogP contribution is -2.28. The Kier molecular flexibility index (Phi) is 4.73. The van der Waals surface area contributed by atoms with Crippen molar-refractivity contribution in [3.63, 3.8) is 0 Å². The van der Waals surface area contributed by atoms with Crippen molar-refractivity contribution in [3.05, 3.63) is 0 Å². The second kappa shape index (κ2) is 5.03. The van der Waals surface area contributed by atoms with E-state index in [0.717, 1.165) is 11.8 Å². The number of nitrogens with two attached hydrogens (primary N) is 1. The molecule has 4 nitrogen and oxygen atoms in total. The number of aliphatic carboxylic acids is 1. The monoisotopic (exact) mass is 191 g/mol. The van der Waals surface area contributed by atoms with Crippen LogP contribution in [0.2, 0.25) is 0 Å². The molecule has 70 valence electrons. The molecule has 0 heterocycles. The lowest BCUT2D eigenvalue weighted by molar-refractivity contribution is -0.136. The topological polar surface area (TPSA) is 80.4 Å². The van der Waals surface area contributed by atoms with Crippen LogP contribution in [0.25, 0.3) is 0 Å². The van der Waals surface area contributed by atoms with Gasteiger partial charge in [-0.15, -0.1) is 11.8 Å². The standard InChI is InChI=1S/C7H13NO3S/c1-3-5(6(8)9)12-4(2)7(10)11/h4-5H,3H2,1-2H3,(H2,8,9)(H,10,11). The largest absolute Gasteiger partial charge is 0.480 e. The predicted molar refractivity (Wildman–Crippen MR) is 48.0 cm³/mol. The summed E-state index contributed by atoms with van der Waals surface area (Å²) in [4.78, 5) is 21.1. The van der Waals surface area contributed by atoms with Crippen LogP contribution in [0.5, 0.6) is 0 Å². The van der Waals surface area contributed by atoms with Gasteiger partial charge in [0.25, 0.3) is 0 Å². The normalized spacial score (nSPS) is 15.2. The summed E-state index contributed by atoms with van der Waals surface area (Å²) in [5, 5.41) is 7.56. The van der Waals surface area contributed by atoms with Crippen molar-refractivity contribution in [3.8, 4) is 0 Å². The van der Waals surface area contributed by atoms with E-state index in [0.29, 0.717) is 6.42 Å². The average Bonchev–Trinajstić information content (AvgIpc) is 1.98. The molecule has 0 bridgehead atoms. The van der Waals surface area contributed by atoms with E-state index in [1.807, 2.05) is 0 Å². The molecule has 0 aliphatic heterocycles. The minimum Gasteiger partial charge on any atom is -0.480 e. The molecule has 2 unspecified atom stereocenters. The zero-order chi connectivity index (χ0) is 9.72. The Bertz CT molecular complexity index is 183. The fraction of sp³-hybridized carbons (Fsp3) is 0.714. The van der Waals surface area contributed by atoms with E-state index < -0.39 is 22.4 Å². The summed E-state index contributed by atoms with van der Waals surface area (Å²) in [6, 6.07) is 0. The third kappa shape index (κ3) is 3.61. The Morgan fingerprint density at radius 1 is 1.58 bits per heavy atom. The quantitative estimate of drug-likeness (QED) is 0.661. The number of thioether (sulfide) groups is 1. The second-order valence-electron chi connectivity index (χ2n) is 2.42. The molecule has 0 saturated carbocycles. The smallest absolute Gasteiger partial charge is 0.316 e. The van der Waals surface area contributed by atoms with Crippen molar-refractivity contribution >= 4 is 23.6 Å². The highest BCUT2D eigenvalue weighted by Gasteiger charge is 2.20. The summed E-state index contributed by atoms with van der Waals surface area (Å²) in [6.45, 7) is 3.34. The first-order chi connectivity index (χ1) is 5.49. The van der Waals surface area contributed by atoms with Crippen molar-refractivity contribution in [2.75, 3.05) is 0 Å². The Hall–Kier alpha value is -0.710. The predicted octanol–water partition coefficient (Wildman–Crippen LogP) is 0.457. The van der Waals surface area contributed by atoms with Gasteiger partial charge < -0.3 is 10.8 Å². The molecule has 0 spiro atoms. The van der Waals surface area contributed by atoms with Gasteiger partial charge in [-0.2, -0.15) is 0 Å². The Morgan fingerprint density at radius 3 is 2.33 bits per heavy atom. The molecule has 2 atom stereocenters. The molecular weight excluding hydrogens is 178 g/mol.